The molecule has 0 aliphatic carbocycles. The molecule has 4 rings (SSSR count). The molecule has 2 nitrogen and oxygen atoms in total. The highest BCUT2D eigenvalue weighted by Crippen LogP contribution is 2.33. The molecule has 42 heavy (non-hydrogen) atoms. The molecule has 0 aliphatic rings. The summed E-state index contributed by atoms with van der Waals surface area (Å²) in [6.45, 7) is 9.09. The second-order valence-electron chi connectivity index (χ2n) is 11.6. The van der Waals surface area contributed by atoms with Gasteiger partial charge in [0.1, 0.15) is 0 Å². The van der Waals surface area contributed by atoms with Crippen molar-refractivity contribution in [3.63, 3.8) is 0 Å². The minimum absolute atomic E-state index is 0.437. The number of rotatable bonds is 17. The molecule has 2 aromatic heterocycles. The molecule has 0 saturated heterocycles. The third kappa shape index (κ3) is 8.61. The molecule has 222 valence electrons. The predicted octanol–water partition coefficient (Wildman–Crippen LogP) is 11.7. The highest BCUT2D eigenvalue weighted by Gasteiger charge is 2.19. The quantitative estimate of drug-likeness (QED) is 0.0895. The second kappa shape index (κ2) is 16.1. The maximum absolute atomic E-state index is 13.1. The van der Waals surface area contributed by atoms with Gasteiger partial charge in [-0.1, -0.05) is 128 Å². The van der Waals surface area contributed by atoms with Crippen LogP contribution in [0.1, 0.15) is 110 Å². The number of benzene rings is 2. The van der Waals surface area contributed by atoms with Crippen molar-refractivity contribution in [1.82, 2.24) is 0 Å². The minimum atomic E-state index is -0.459. The average Bonchev–Trinajstić information content (AvgIpc) is 3.70. The van der Waals surface area contributed by atoms with Crippen molar-refractivity contribution >= 4 is 34.2 Å². The first-order valence-corrected chi connectivity index (χ1v) is 17.6. The fourth-order valence-corrected chi connectivity index (χ4v) is 7.83. The van der Waals surface area contributed by atoms with Crippen LogP contribution >= 0.6 is 22.7 Å². The molecule has 0 fully saturated rings. The predicted molar refractivity (Wildman–Crippen MR) is 182 cm³/mol. The van der Waals surface area contributed by atoms with Crippen LogP contribution in [0.15, 0.2) is 72.8 Å². The summed E-state index contributed by atoms with van der Waals surface area (Å²) >= 11 is 3.67. The number of hydrogen-bond donors (Lipinski definition) is 0. The van der Waals surface area contributed by atoms with Gasteiger partial charge in [-0.05, 0) is 60.1 Å². The number of carbonyl (C=O) groups excluding carboxylic acids is 2. The number of carbonyl (C=O) groups is 2. The number of Topliss-reactive ketones (excluding diaryl/α,β-unsaturated/α-hetero) is 2. The van der Waals surface area contributed by atoms with Crippen molar-refractivity contribution in [1.29, 1.82) is 0 Å². The Morgan fingerprint density at radius 3 is 1.26 bits per heavy atom. The molecule has 4 heteroatoms. The second-order valence-corrected chi connectivity index (χ2v) is 13.9. The van der Waals surface area contributed by atoms with Crippen molar-refractivity contribution in [2.75, 3.05) is 0 Å². The first-order valence-electron chi connectivity index (χ1n) is 15.9. The van der Waals surface area contributed by atoms with E-state index in [0.29, 0.717) is 11.1 Å². The number of unbranched alkanes of at least 4 members (excludes halogenated alkanes) is 2. The van der Waals surface area contributed by atoms with Crippen molar-refractivity contribution in [3.05, 3.63) is 93.7 Å². The number of ketones is 2. The van der Waals surface area contributed by atoms with E-state index < -0.39 is 11.6 Å². The van der Waals surface area contributed by atoms with E-state index in [1.165, 1.54) is 70.9 Å². The van der Waals surface area contributed by atoms with Gasteiger partial charge in [0, 0.05) is 30.6 Å². The lowest BCUT2D eigenvalue weighted by atomic mass is 9.95. The zero-order chi connectivity index (χ0) is 29.9. The van der Waals surface area contributed by atoms with Gasteiger partial charge in [0.15, 0.2) is 0 Å². The van der Waals surface area contributed by atoms with Crippen LogP contribution in [-0.4, -0.2) is 11.6 Å². The monoisotopic (exact) mass is 598 g/mol. The zero-order valence-electron chi connectivity index (χ0n) is 25.8. The van der Waals surface area contributed by atoms with E-state index >= 15 is 0 Å². The van der Waals surface area contributed by atoms with Gasteiger partial charge in [-0.2, -0.15) is 0 Å². The van der Waals surface area contributed by atoms with E-state index in [-0.39, 0.29) is 0 Å². The van der Waals surface area contributed by atoms with Gasteiger partial charge in [0.25, 0.3) is 0 Å². The van der Waals surface area contributed by atoms with Crippen LogP contribution in [0.5, 0.6) is 0 Å². The van der Waals surface area contributed by atoms with Gasteiger partial charge >= 0.3 is 0 Å². The number of thiophene rings is 2. The maximum Gasteiger partial charge on any atom is 0.233 e. The average molecular weight is 599 g/mol. The van der Waals surface area contributed by atoms with E-state index in [1.807, 2.05) is 46.9 Å². The first-order chi connectivity index (χ1) is 20.4. The summed E-state index contributed by atoms with van der Waals surface area (Å²) in [5.74, 6) is 0.569. The standard InChI is InChI=1S/C38H46O2S2/c1-5-9-11-27(7-3)25-33-21-23-35(41-33)29-13-17-31(18-14-29)37(39)38(40)32-19-15-30(16-20-32)36-24-22-34(42-36)26-28(8-4)12-10-6-2/h13-24,27-28H,5-12,25-26H2,1-4H3. The highest BCUT2D eigenvalue weighted by molar-refractivity contribution is 7.15. The fraction of sp³-hybridized carbons (Fsp3) is 0.421. The molecule has 0 amide bonds. The summed E-state index contributed by atoms with van der Waals surface area (Å²) in [7, 11) is 0. The molecule has 0 radical (unpaired) electrons. The van der Waals surface area contributed by atoms with Crippen molar-refractivity contribution in [2.45, 2.75) is 91.9 Å². The molecule has 0 N–H and O–H groups in total. The minimum Gasteiger partial charge on any atom is -0.285 e. The molecule has 0 saturated carbocycles. The summed E-state index contributed by atoms with van der Waals surface area (Å²) in [5.41, 5.74) is 3.05. The molecule has 0 bridgehead atoms. The first kappa shape index (κ1) is 32.1. The van der Waals surface area contributed by atoms with Crippen LogP contribution in [0.25, 0.3) is 20.9 Å². The molecule has 2 unspecified atom stereocenters. The lowest BCUT2D eigenvalue weighted by molar-refractivity contribution is 0.0817. The van der Waals surface area contributed by atoms with Crippen LogP contribution in [0.4, 0.5) is 0 Å². The fourth-order valence-electron chi connectivity index (χ4n) is 5.58. The Balaban J connectivity index is 1.36. The van der Waals surface area contributed by atoms with Gasteiger partial charge in [0.05, 0.1) is 0 Å². The molecule has 0 aliphatic heterocycles. The molecule has 4 aromatic rings. The third-order valence-corrected chi connectivity index (χ3v) is 10.8. The van der Waals surface area contributed by atoms with Crippen molar-refractivity contribution in [2.24, 2.45) is 11.8 Å². The summed E-state index contributed by atoms with van der Waals surface area (Å²) in [6, 6.07) is 23.9. The lowest BCUT2D eigenvalue weighted by Crippen LogP contribution is -2.14. The Morgan fingerprint density at radius 2 is 0.929 bits per heavy atom. The molecule has 0 spiro atoms. The Bertz CT molecular complexity index is 1300. The normalized spacial score (nSPS) is 12.8. The SMILES string of the molecule is CCCCC(CC)Cc1ccc(-c2ccc(C(=O)C(=O)c3ccc(-c4ccc(CC(CC)CCCC)s4)cc3)cc2)s1. The molecule has 2 aromatic carbocycles. The third-order valence-electron chi connectivity index (χ3n) is 8.46. The summed E-state index contributed by atoms with van der Waals surface area (Å²) in [6.07, 6.45) is 12.4. The molecular formula is C38H46O2S2. The Morgan fingerprint density at radius 1 is 0.548 bits per heavy atom. The van der Waals surface area contributed by atoms with Gasteiger partial charge in [-0.15, -0.1) is 22.7 Å². The van der Waals surface area contributed by atoms with E-state index in [2.05, 4.69) is 52.0 Å². The van der Waals surface area contributed by atoms with Crippen LogP contribution in [0, 0.1) is 11.8 Å². The van der Waals surface area contributed by atoms with Gasteiger partial charge in [-0.25, -0.2) is 0 Å². The van der Waals surface area contributed by atoms with E-state index in [9.17, 15) is 9.59 Å². The van der Waals surface area contributed by atoms with Crippen molar-refractivity contribution < 1.29 is 9.59 Å². The Hall–Kier alpha value is -2.82. The van der Waals surface area contributed by atoms with Crippen LogP contribution in [0.2, 0.25) is 0 Å². The van der Waals surface area contributed by atoms with Crippen LogP contribution in [-0.2, 0) is 12.8 Å². The van der Waals surface area contributed by atoms with Crippen molar-refractivity contribution in [3.8, 4) is 20.9 Å². The topological polar surface area (TPSA) is 34.1 Å². The van der Waals surface area contributed by atoms with E-state index in [0.717, 1.165) is 35.8 Å². The zero-order valence-corrected chi connectivity index (χ0v) is 27.4. The van der Waals surface area contributed by atoms with E-state index in [4.69, 9.17) is 0 Å². The van der Waals surface area contributed by atoms with Gasteiger partial charge in [-0.3, -0.25) is 9.59 Å². The molecule has 2 atom stereocenters. The van der Waals surface area contributed by atoms with Gasteiger partial charge < -0.3 is 0 Å². The smallest absolute Gasteiger partial charge is 0.233 e. The Kier molecular flexibility index (Phi) is 12.3. The highest BCUT2D eigenvalue weighted by atomic mass is 32.1. The summed E-state index contributed by atoms with van der Waals surface area (Å²) < 4.78 is 0. The maximum atomic E-state index is 13.1. The molecule has 2 heterocycles. The Labute approximate surface area is 261 Å². The number of hydrogen-bond acceptors (Lipinski definition) is 4. The largest absolute Gasteiger partial charge is 0.285 e. The van der Waals surface area contributed by atoms with Crippen LogP contribution in [0.3, 0.4) is 0 Å². The van der Waals surface area contributed by atoms with Crippen LogP contribution < -0.4 is 0 Å². The summed E-state index contributed by atoms with van der Waals surface area (Å²) in [5, 5.41) is 0. The lowest BCUT2D eigenvalue weighted by Gasteiger charge is -2.12. The molecular weight excluding hydrogens is 553 g/mol. The summed E-state index contributed by atoms with van der Waals surface area (Å²) in [4.78, 5) is 31.4. The van der Waals surface area contributed by atoms with E-state index in [1.54, 1.807) is 24.3 Å². The van der Waals surface area contributed by atoms with Gasteiger partial charge in [0.2, 0.25) is 11.6 Å².